The number of rotatable bonds is 2. The van der Waals surface area contributed by atoms with Crippen LogP contribution in [0.2, 0.25) is 0 Å². The number of fused-ring (bicyclic) bond motifs is 1. The van der Waals surface area contributed by atoms with Crippen molar-refractivity contribution < 1.29 is 0 Å². The van der Waals surface area contributed by atoms with Gasteiger partial charge in [0.1, 0.15) is 11.5 Å². The predicted molar refractivity (Wildman–Crippen MR) is 101 cm³/mol. The lowest BCUT2D eigenvalue weighted by Crippen LogP contribution is -2.24. The van der Waals surface area contributed by atoms with Crippen molar-refractivity contribution in [3.8, 4) is 17.5 Å². The summed E-state index contributed by atoms with van der Waals surface area (Å²) in [6.07, 6.45) is 2.30. The SMILES string of the molecule is CCc1nc2cccc(C#Cc3ccn[nH]3)c2c(=O)n1-c1ccccc1. The molecule has 126 valence electrons. The second-order valence-electron chi connectivity index (χ2n) is 5.78. The lowest BCUT2D eigenvalue weighted by molar-refractivity contribution is 0.833. The Labute approximate surface area is 150 Å². The van der Waals surface area contributed by atoms with Crippen molar-refractivity contribution in [3.05, 3.63) is 88.2 Å². The van der Waals surface area contributed by atoms with Gasteiger partial charge in [0.05, 0.1) is 16.6 Å². The number of hydrogen-bond donors (Lipinski definition) is 1. The van der Waals surface area contributed by atoms with E-state index in [0.717, 1.165) is 11.5 Å². The Balaban J connectivity index is 2.00. The summed E-state index contributed by atoms with van der Waals surface area (Å²) in [5.41, 5.74) is 2.72. The van der Waals surface area contributed by atoms with Gasteiger partial charge in [-0.05, 0) is 36.3 Å². The van der Waals surface area contributed by atoms with Crippen LogP contribution in [-0.2, 0) is 6.42 Å². The first-order valence-electron chi connectivity index (χ1n) is 8.39. The van der Waals surface area contributed by atoms with Gasteiger partial charge in [0.15, 0.2) is 0 Å². The van der Waals surface area contributed by atoms with Crippen LogP contribution < -0.4 is 5.56 Å². The van der Waals surface area contributed by atoms with Crippen molar-refractivity contribution in [2.45, 2.75) is 13.3 Å². The fraction of sp³-hybridized carbons (Fsp3) is 0.0952. The fourth-order valence-corrected chi connectivity index (χ4v) is 2.92. The summed E-state index contributed by atoms with van der Waals surface area (Å²) in [5, 5.41) is 7.22. The van der Waals surface area contributed by atoms with Gasteiger partial charge in [-0.2, -0.15) is 5.10 Å². The minimum Gasteiger partial charge on any atom is -0.270 e. The largest absolute Gasteiger partial charge is 0.270 e. The summed E-state index contributed by atoms with van der Waals surface area (Å²) in [7, 11) is 0. The van der Waals surface area contributed by atoms with Gasteiger partial charge in [-0.3, -0.25) is 14.5 Å². The standard InChI is InChI=1S/C21H16N4O/c1-2-19-23-18-10-6-7-15(11-12-16-13-14-22-24-16)20(18)21(26)25(19)17-8-4-3-5-9-17/h3-10,13-14H,2H2,1H3,(H,22,24). The number of nitrogens with zero attached hydrogens (tertiary/aromatic N) is 3. The molecule has 5 nitrogen and oxygen atoms in total. The molecule has 0 aliphatic carbocycles. The maximum absolute atomic E-state index is 13.3. The van der Waals surface area contributed by atoms with Gasteiger partial charge in [0, 0.05) is 18.2 Å². The number of aryl methyl sites for hydroxylation is 1. The minimum absolute atomic E-state index is 0.104. The summed E-state index contributed by atoms with van der Waals surface area (Å²) in [6.45, 7) is 1.99. The Kier molecular flexibility index (Phi) is 4.08. The first kappa shape index (κ1) is 15.9. The summed E-state index contributed by atoms with van der Waals surface area (Å²) in [5.74, 6) is 6.81. The van der Waals surface area contributed by atoms with Crippen LogP contribution in [0.4, 0.5) is 0 Å². The molecule has 4 aromatic rings. The van der Waals surface area contributed by atoms with Crippen LogP contribution in [0.1, 0.15) is 24.0 Å². The van der Waals surface area contributed by atoms with Crippen LogP contribution in [0, 0.1) is 11.8 Å². The van der Waals surface area contributed by atoms with Crippen molar-refractivity contribution in [1.82, 2.24) is 19.7 Å². The Hall–Kier alpha value is -3.65. The lowest BCUT2D eigenvalue weighted by Gasteiger charge is -2.13. The molecule has 0 amide bonds. The fourth-order valence-electron chi connectivity index (χ4n) is 2.92. The lowest BCUT2D eigenvalue weighted by atomic mass is 10.1. The quantitative estimate of drug-likeness (QED) is 0.571. The summed E-state index contributed by atoms with van der Waals surface area (Å²) in [4.78, 5) is 18.0. The van der Waals surface area contributed by atoms with Crippen molar-refractivity contribution in [2.75, 3.05) is 0 Å². The first-order chi connectivity index (χ1) is 12.8. The van der Waals surface area contributed by atoms with Gasteiger partial charge in [-0.15, -0.1) is 0 Å². The van der Waals surface area contributed by atoms with E-state index in [0.29, 0.717) is 28.6 Å². The van der Waals surface area contributed by atoms with Crippen molar-refractivity contribution in [1.29, 1.82) is 0 Å². The minimum atomic E-state index is -0.104. The molecular formula is C21H16N4O. The van der Waals surface area contributed by atoms with Crippen LogP contribution in [0.15, 0.2) is 65.6 Å². The number of aromatic amines is 1. The third-order valence-corrected chi connectivity index (χ3v) is 4.13. The molecule has 2 heterocycles. The molecule has 0 atom stereocenters. The van der Waals surface area contributed by atoms with Gasteiger partial charge in [0.25, 0.3) is 5.56 Å². The molecular weight excluding hydrogens is 324 g/mol. The van der Waals surface area contributed by atoms with Crippen LogP contribution in [0.5, 0.6) is 0 Å². The summed E-state index contributed by atoms with van der Waals surface area (Å²) >= 11 is 0. The van der Waals surface area contributed by atoms with Crippen LogP contribution in [-0.4, -0.2) is 19.7 Å². The van der Waals surface area contributed by atoms with Crippen LogP contribution in [0.25, 0.3) is 16.6 Å². The first-order valence-corrected chi connectivity index (χ1v) is 8.39. The highest BCUT2D eigenvalue weighted by Gasteiger charge is 2.13. The number of nitrogens with one attached hydrogen (secondary N) is 1. The van der Waals surface area contributed by atoms with E-state index in [2.05, 4.69) is 22.0 Å². The van der Waals surface area contributed by atoms with Crippen LogP contribution in [0.3, 0.4) is 0 Å². The number of aromatic nitrogens is 4. The molecule has 26 heavy (non-hydrogen) atoms. The zero-order chi connectivity index (χ0) is 17.9. The molecule has 1 N–H and O–H groups in total. The van der Waals surface area contributed by atoms with Crippen molar-refractivity contribution in [2.24, 2.45) is 0 Å². The third-order valence-electron chi connectivity index (χ3n) is 4.13. The van der Waals surface area contributed by atoms with Gasteiger partial charge in [0.2, 0.25) is 0 Å². The number of benzene rings is 2. The average Bonchev–Trinajstić information content (AvgIpc) is 3.20. The zero-order valence-electron chi connectivity index (χ0n) is 14.2. The molecule has 0 aliphatic rings. The highest BCUT2D eigenvalue weighted by Crippen LogP contribution is 2.16. The molecule has 0 unspecified atom stereocenters. The number of hydrogen-bond acceptors (Lipinski definition) is 3. The Morgan fingerprint density at radius 3 is 2.62 bits per heavy atom. The monoisotopic (exact) mass is 340 g/mol. The highest BCUT2D eigenvalue weighted by molar-refractivity contribution is 5.84. The molecule has 2 aromatic carbocycles. The highest BCUT2D eigenvalue weighted by atomic mass is 16.1. The molecule has 2 aromatic heterocycles. The van der Waals surface area contributed by atoms with Crippen LogP contribution >= 0.6 is 0 Å². The van der Waals surface area contributed by atoms with Gasteiger partial charge in [-0.25, -0.2) is 4.98 Å². The Morgan fingerprint density at radius 1 is 1.04 bits per heavy atom. The second kappa shape index (κ2) is 6.69. The topological polar surface area (TPSA) is 63.6 Å². The van der Waals surface area contributed by atoms with Gasteiger partial charge in [-0.1, -0.05) is 37.1 Å². The average molecular weight is 340 g/mol. The molecule has 0 saturated heterocycles. The van der Waals surface area contributed by atoms with Crippen molar-refractivity contribution in [3.63, 3.8) is 0 Å². The van der Waals surface area contributed by atoms with E-state index in [1.54, 1.807) is 16.8 Å². The normalized spacial score (nSPS) is 10.5. The van der Waals surface area contributed by atoms with Crippen molar-refractivity contribution >= 4 is 10.9 Å². The third kappa shape index (κ3) is 2.78. The Morgan fingerprint density at radius 2 is 1.88 bits per heavy atom. The maximum atomic E-state index is 13.3. The van der Waals surface area contributed by atoms with Gasteiger partial charge >= 0.3 is 0 Å². The second-order valence-corrected chi connectivity index (χ2v) is 5.78. The molecule has 0 spiro atoms. The van der Waals surface area contributed by atoms with E-state index in [4.69, 9.17) is 4.98 Å². The zero-order valence-corrected chi connectivity index (χ0v) is 14.2. The Bertz CT molecular complexity index is 1180. The van der Waals surface area contributed by atoms with E-state index in [9.17, 15) is 4.79 Å². The van der Waals surface area contributed by atoms with E-state index < -0.39 is 0 Å². The van der Waals surface area contributed by atoms with E-state index in [1.165, 1.54) is 0 Å². The number of H-pyrrole nitrogens is 1. The maximum Gasteiger partial charge on any atom is 0.267 e. The van der Waals surface area contributed by atoms with E-state index >= 15 is 0 Å². The molecule has 0 bridgehead atoms. The van der Waals surface area contributed by atoms with E-state index in [-0.39, 0.29) is 5.56 Å². The molecule has 5 heteroatoms. The van der Waals surface area contributed by atoms with Gasteiger partial charge < -0.3 is 0 Å². The number of para-hydroxylation sites is 1. The summed E-state index contributed by atoms with van der Waals surface area (Å²) < 4.78 is 1.67. The molecule has 0 radical (unpaired) electrons. The predicted octanol–water partition coefficient (Wildman–Crippen LogP) is 3.07. The molecule has 0 aliphatic heterocycles. The van der Waals surface area contributed by atoms with E-state index in [1.807, 2.05) is 55.5 Å². The summed E-state index contributed by atoms with van der Waals surface area (Å²) in [6, 6.07) is 16.9. The molecule has 0 fully saturated rings. The molecule has 0 saturated carbocycles. The smallest absolute Gasteiger partial charge is 0.267 e. The molecule has 4 rings (SSSR count).